The van der Waals surface area contributed by atoms with Crippen molar-refractivity contribution in [2.24, 2.45) is 5.10 Å². The monoisotopic (exact) mass is 244 g/mol. The highest BCUT2D eigenvalue weighted by Crippen LogP contribution is 2.15. The third-order valence-electron chi connectivity index (χ3n) is 1.39. The predicted octanol–water partition coefficient (Wildman–Crippen LogP) is 2.48. The summed E-state index contributed by atoms with van der Waals surface area (Å²) in [5, 5.41) is 5.66. The summed E-state index contributed by atoms with van der Waals surface area (Å²) in [5.74, 6) is -0.261. The molecule has 0 N–H and O–H groups in total. The van der Waals surface area contributed by atoms with E-state index in [1.165, 1.54) is 12.1 Å². The summed E-state index contributed by atoms with van der Waals surface area (Å²) < 4.78 is 13.6. The molecule has 0 aromatic heterocycles. The maximum atomic E-state index is 12.8. The normalized spacial score (nSPS) is 10.8. The van der Waals surface area contributed by atoms with E-state index in [1.54, 1.807) is 17.3 Å². The van der Waals surface area contributed by atoms with E-state index in [-0.39, 0.29) is 5.82 Å². The Balaban J connectivity index is 2.93. The summed E-state index contributed by atoms with van der Waals surface area (Å²) in [5.41, 5.74) is 0.730. The Bertz CT molecular complexity index is 323. The first-order chi connectivity index (χ1) is 6.09. The summed E-state index contributed by atoms with van der Waals surface area (Å²) in [6.45, 7) is 0. The molecule has 2 nitrogen and oxygen atoms in total. The molecule has 13 heavy (non-hydrogen) atoms. The van der Waals surface area contributed by atoms with Crippen LogP contribution in [0.1, 0.15) is 5.56 Å². The predicted molar refractivity (Wildman–Crippen MR) is 55.4 cm³/mol. The van der Waals surface area contributed by atoms with Gasteiger partial charge in [0.15, 0.2) is 0 Å². The number of nitrogens with zero attached hydrogens (tertiary/aromatic N) is 2. The van der Waals surface area contributed by atoms with Gasteiger partial charge >= 0.3 is 0 Å². The molecule has 70 valence electrons. The molecule has 1 aromatic rings. The lowest BCUT2D eigenvalue weighted by atomic mass is 10.2. The Morgan fingerprint density at radius 1 is 1.46 bits per heavy atom. The van der Waals surface area contributed by atoms with Gasteiger partial charge in [-0.25, -0.2) is 4.39 Å². The minimum atomic E-state index is -0.261. The zero-order chi connectivity index (χ0) is 9.84. The highest BCUT2D eigenvalue weighted by Gasteiger charge is 1.98. The van der Waals surface area contributed by atoms with Crippen LogP contribution in [0.15, 0.2) is 27.8 Å². The van der Waals surface area contributed by atoms with Crippen molar-refractivity contribution in [2.45, 2.75) is 0 Å². The average Bonchev–Trinajstić information content (AvgIpc) is 2.06. The number of hydrazone groups is 1. The molecule has 4 heteroatoms. The van der Waals surface area contributed by atoms with Crippen molar-refractivity contribution in [2.75, 3.05) is 14.1 Å². The Hall–Kier alpha value is -0.900. The quantitative estimate of drug-likeness (QED) is 0.577. The molecule has 0 aliphatic heterocycles. The van der Waals surface area contributed by atoms with Crippen molar-refractivity contribution in [3.05, 3.63) is 34.1 Å². The van der Waals surface area contributed by atoms with E-state index in [2.05, 4.69) is 21.0 Å². The maximum absolute atomic E-state index is 12.8. The van der Waals surface area contributed by atoms with Crippen LogP contribution in [0, 0.1) is 5.82 Å². The molecule has 0 aliphatic carbocycles. The van der Waals surface area contributed by atoms with Gasteiger partial charge in [0.1, 0.15) is 5.82 Å². The molecule has 0 radical (unpaired) electrons. The fourth-order valence-corrected chi connectivity index (χ4v) is 1.14. The van der Waals surface area contributed by atoms with Gasteiger partial charge in [0, 0.05) is 24.1 Å². The van der Waals surface area contributed by atoms with Crippen molar-refractivity contribution in [1.29, 1.82) is 0 Å². The van der Waals surface area contributed by atoms with Crippen molar-refractivity contribution >= 4 is 22.1 Å². The largest absolute Gasteiger partial charge is 0.303 e. The molecular formula is C9H10BrFN2. The fraction of sp³-hybridized carbons (Fsp3) is 0.222. The SMILES string of the molecule is CN(C)N=Cc1cc(F)ccc1Br. The van der Waals surface area contributed by atoms with Gasteiger partial charge in [-0.05, 0) is 18.2 Å². The van der Waals surface area contributed by atoms with E-state index in [1.807, 2.05) is 14.1 Å². The third-order valence-corrected chi connectivity index (χ3v) is 2.11. The molecule has 0 spiro atoms. The topological polar surface area (TPSA) is 15.6 Å². The lowest BCUT2D eigenvalue weighted by Gasteiger charge is -2.03. The maximum Gasteiger partial charge on any atom is 0.123 e. The Labute approximate surface area is 85.2 Å². The molecule has 1 aromatic carbocycles. The number of hydrogen-bond donors (Lipinski definition) is 0. The first-order valence-corrected chi connectivity index (χ1v) is 4.55. The second-order valence-corrected chi connectivity index (χ2v) is 3.61. The molecule has 0 saturated carbocycles. The van der Waals surface area contributed by atoms with Crippen LogP contribution >= 0.6 is 15.9 Å². The van der Waals surface area contributed by atoms with E-state index in [4.69, 9.17) is 0 Å². The molecule has 1 rings (SSSR count). The van der Waals surface area contributed by atoms with Gasteiger partial charge in [-0.1, -0.05) is 15.9 Å². The lowest BCUT2D eigenvalue weighted by Crippen LogP contribution is -2.02. The zero-order valence-corrected chi connectivity index (χ0v) is 9.05. The van der Waals surface area contributed by atoms with Crippen molar-refractivity contribution in [1.82, 2.24) is 5.01 Å². The standard InChI is InChI=1S/C9H10BrFN2/c1-13(2)12-6-7-5-8(11)3-4-9(7)10/h3-6H,1-2H3. The Morgan fingerprint density at radius 3 is 2.77 bits per heavy atom. The first-order valence-electron chi connectivity index (χ1n) is 3.76. The van der Waals surface area contributed by atoms with Crippen LogP contribution in [0.25, 0.3) is 0 Å². The van der Waals surface area contributed by atoms with Crippen LogP contribution in [-0.4, -0.2) is 25.3 Å². The van der Waals surface area contributed by atoms with E-state index >= 15 is 0 Å². The Kier molecular flexibility index (Phi) is 3.42. The minimum absolute atomic E-state index is 0.261. The fourth-order valence-electron chi connectivity index (χ4n) is 0.791. The first kappa shape index (κ1) is 10.2. The zero-order valence-electron chi connectivity index (χ0n) is 7.46. The second-order valence-electron chi connectivity index (χ2n) is 2.76. The van der Waals surface area contributed by atoms with E-state index < -0.39 is 0 Å². The second kappa shape index (κ2) is 4.37. The molecule has 0 unspecified atom stereocenters. The summed E-state index contributed by atoms with van der Waals surface area (Å²) >= 11 is 3.30. The van der Waals surface area contributed by atoms with Gasteiger partial charge in [0.25, 0.3) is 0 Å². The molecule has 0 heterocycles. The van der Waals surface area contributed by atoms with E-state index in [0.717, 1.165) is 10.0 Å². The van der Waals surface area contributed by atoms with Crippen LogP contribution in [0.2, 0.25) is 0 Å². The van der Waals surface area contributed by atoms with Crippen molar-refractivity contribution in [3.63, 3.8) is 0 Å². The van der Waals surface area contributed by atoms with E-state index in [0.29, 0.717) is 0 Å². The summed E-state index contributed by atoms with van der Waals surface area (Å²) in [6.07, 6.45) is 1.60. The van der Waals surface area contributed by atoms with Crippen molar-refractivity contribution < 1.29 is 4.39 Å². The van der Waals surface area contributed by atoms with E-state index in [9.17, 15) is 4.39 Å². The van der Waals surface area contributed by atoms with Gasteiger partial charge in [0.05, 0.1) is 6.21 Å². The number of benzene rings is 1. The van der Waals surface area contributed by atoms with Gasteiger partial charge in [-0.15, -0.1) is 0 Å². The van der Waals surface area contributed by atoms with Gasteiger partial charge in [-0.3, -0.25) is 0 Å². The average molecular weight is 245 g/mol. The molecule has 0 fully saturated rings. The van der Waals surface area contributed by atoms with Crippen LogP contribution in [-0.2, 0) is 0 Å². The lowest BCUT2D eigenvalue weighted by molar-refractivity contribution is 0.440. The molecule has 0 amide bonds. The molecule has 0 aliphatic rings. The van der Waals surface area contributed by atoms with Crippen LogP contribution in [0.3, 0.4) is 0 Å². The molecular weight excluding hydrogens is 235 g/mol. The molecule has 0 saturated heterocycles. The third kappa shape index (κ3) is 3.14. The summed E-state index contributed by atoms with van der Waals surface area (Å²) in [7, 11) is 3.62. The number of rotatable bonds is 2. The van der Waals surface area contributed by atoms with Crippen LogP contribution < -0.4 is 0 Å². The van der Waals surface area contributed by atoms with Gasteiger partial charge in [0.2, 0.25) is 0 Å². The van der Waals surface area contributed by atoms with Crippen LogP contribution in [0.5, 0.6) is 0 Å². The molecule has 0 bridgehead atoms. The smallest absolute Gasteiger partial charge is 0.123 e. The highest BCUT2D eigenvalue weighted by molar-refractivity contribution is 9.10. The summed E-state index contributed by atoms with van der Waals surface area (Å²) in [6, 6.07) is 4.49. The number of halogens is 2. The van der Waals surface area contributed by atoms with Crippen LogP contribution in [0.4, 0.5) is 4.39 Å². The number of hydrogen-bond acceptors (Lipinski definition) is 2. The molecule has 0 atom stereocenters. The Morgan fingerprint density at radius 2 is 2.15 bits per heavy atom. The van der Waals surface area contributed by atoms with Gasteiger partial charge < -0.3 is 5.01 Å². The summed E-state index contributed by atoms with van der Waals surface area (Å²) in [4.78, 5) is 0. The van der Waals surface area contributed by atoms with Crippen molar-refractivity contribution in [3.8, 4) is 0 Å². The highest BCUT2D eigenvalue weighted by atomic mass is 79.9. The van der Waals surface area contributed by atoms with Gasteiger partial charge in [-0.2, -0.15) is 5.10 Å². The minimum Gasteiger partial charge on any atom is -0.303 e.